The van der Waals surface area contributed by atoms with Crippen LogP contribution in [-0.4, -0.2) is 28.9 Å². The number of carbonyl (C=O) groups is 1. The molecule has 1 unspecified atom stereocenters. The van der Waals surface area contributed by atoms with Gasteiger partial charge in [0.1, 0.15) is 0 Å². The van der Waals surface area contributed by atoms with E-state index in [1.165, 1.54) is 9.71 Å². The molecule has 1 aromatic heterocycles. The molecule has 0 saturated carbocycles. The van der Waals surface area contributed by atoms with Crippen LogP contribution in [0.2, 0.25) is 0 Å². The van der Waals surface area contributed by atoms with Gasteiger partial charge in [0, 0.05) is 25.4 Å². The molecule has 1 fully saturated rings. The van der Waals surface area contributed by atoms with Crippen molar-refractivity contribution in [1.82, 2.24) is 9.88 Å². The van der Waals surface area contributed by atoms with Crippen LogP contribution in [-0.2, 0) is 4.79 Å². The maximum absolute atomic E-state index is 12.4. The first kappa shape index (κ1) is 14.9. The van der Waals surface area contributed by atoms with Gasteiger partial charge in [-0.25, -0.2) is 4.98 Å². The van der Waals surface area contributed by atoms with Crippen LogP contribution < -0.4 is 0 Å². The van der Waals surface area contributed by atoms with Crippen molar-refractivity contribution in [3.63, 3.8) is 0 Å². The van der Waals surface area contributed by atoms with Gasteiger partial charge in [-0.05, 0) is 43.7 Å². The van der Waals surface area contributed by atoms with E-state index in [-0.39, 0.29) is 0 Å². The number of aromatic nitrogens is 1. The number of hydrogen-bond donors (Lipinski definition) is 0. The van der Waals surface area contributed by atoms with Crippen molar-refractivity contribution in [3.8, 4) is 0 Å². The summed E-state index contributed by atoms with van der Waals surface area (Å²) in [7, 11) is 0. The second-order valence-corrected chi connectivity index (χ2v) is 7.71. The number of nitrogens with zero attached hydrogens (tertiary/aromatic N) is 2. The lowest BCUT2D eigenvalue weighted by Gasteiger charge is -2.31. The molecule has 0 N–H and O–H groups in total. The first-order valence-electron chi connectivity index (χ1n) is 8.59. The average Bonchev–Trinajstić information content (AvgIpc) is 3.24. The zero-order valence-corrected chi connectivity index (χ0v) is 14.1. The Labute approximate surface area is 141 Å². The van der Waals surface area contributed by atoms with Crippen LogP contribution in [0.4, 0.5) is 0 Å². The van der Waals surface area contributed by atoms with Crippen molar-refractivity contribution in [2.24, 2.45) is 5.92 Å². The molecule has 23 heavy (non-hydrogen) atoms. The molecule has 2 heterocycles. The Morgan fingerprint density at radius 2 is 2.04 bits per heavy atom. The van der Waals surface area contributed by atoms with Gasteiger partial charge in [-0.1, -0.05) is 24.3 Å². The van der Waals surface area contributed by atoms with Crippen molar-refractivity contribution < 1.29 is 4.79 Å². The minimum absolute atomic E-state index is 0.337. The van der Waals surface area contributed by atoms with Crippen LogP contribution in [0.15, 0.2) is 36.4 Å². The van der Waals surface area contributed by atoms with E-state index in [1.54, 1.807) is 0 Å². The summed E-state index contributed by atoms with van der Waals surface area (Å²) in [6.45, 7) is 1.77. The minimum Gasteiger partial charge on any atom is -0.343 e. The molecule has 1 aliphatic carbocycles. The molecule has 4 heteroatoms. The van der Waals surface area contributed by atoms with E-state index in [0.717, 1.165) is 44.3 Å². The Balaban J connectivity index is 1.36. The Hall–Kier alpha value is -1.68. The number of piperidine rings is 1. The average molecular weight is 326 g/mol. The number of allylic oxidation sites excluding steroid dienone is 2. The van der Waals surface area contributed by atoms with E-state index in [1.807, 2.05) is 17.4 Å². The number of carbonyl (C=O) groups excluding carboxylic acids is 1. The third-order valence-electron chi connectivity index (χ3n) is 5.06. The monoisotopic (exact) mass is 326 g/mol. The third-order valence-corrected chi connectivity index (χ3v) is 6.26. The molecule has 2 aliphatic rings. The van der Waals surface area contributed by atoms with Crippen LogP contribution in [0.3, 0.4) is 0 Å². The van der Waals surface area contributed by atoms with Crippen LogP contribution in [0.25, 0.3) is 10.2 Å². The lowest BCUT2D eigenvalue weighted by Crippen LogP contribution is -2.38. The standard InChI is InChI=1S/C19H22N2OS/c22-18(13-14-5-1-2-6-14)21-11-9-15(10-12-21)19-20-16-7-3-4-8-17(16)23-19/h1,3-5,7-8,14-15H,2,6,9-13H2. The molecule has 0 radical (unpaired) electrons. The maximum atomic E-state index is 12.4. The quantitative estimate of drug-likeness (QED) is 0.785. The molecular formula is C19H22N2OS. The molecule has 3 nitrogen and oxygen atoms in total. The fourth-order valence-electron chi connectivity index (χ4n) is 3.66. The second kappa shape index (κ2) is 6.44. The number of para-hydroxylation sites is 1. The van der Waals surface area contributed by atoms with E-state index < -0.39 is 0 Å². The highest BCUT2D eigenvalue weighted by Crippen LogP contribution is 2.34. The van der Waals surface area contributed by atoms with Crippen molar-refractivity contribution >= 4 is 27.5 Å². The van der Waals surface area contributed by atoms with Gasteiger partial charge in [0.2, 0.25) is 5.91 Å². The molecule has 120 valence electrons. The fraction of sp³-hybridized carbons (Fsp3) is 0.474. The minimum atomic E-state index is 0.337. The first-order valence-corrected chi connectivity index (χ1v) is 9.41. The summed E-state index contributed by atoms with van der Waals surface area (Å²) in [4.78, 5) is 19.3. The van der Waals surface area contributed by atoms with E-state index in [2.05, 4.69) is 35.3 Å². The largest absolute Gasteiger partial charge is 0.343 e. The summed E-state index contributed by atoms with van der Waals surface area (Å²) >= 11 is 1.82. The highest BCUT2D eigenvalue weighted by molar-refractivity contribution is 7.18. The van der Waals surface area contributed by atoms with Crippen LogP contribution in [0.5, 0.6) is 0 Å². The smallest absolute Gasteiger partial charge is 0.223 e. The summed E-state index contributed by atoms with van der Waals surface area (Å²) in [6.07, 6.45) is 9.50. The maximum Gasteiger partial charge on any atom is 0.223 e. The van der Waals surface area contributed by atoms with Crippen molar-refractivity contribution in [2.45, 2.75) is 38.0 Å². The van der Waals surface area contributed by atoms with Gasteiger partial charge in [0.05, 0.1) is 15.2 Å². The number of thiazole rings is 1. The van der Waals surface area contributed by atoms with E-state index in [9.17, 15) is 4.79 Å². The van der Waals surface area contributed by atoms with Crippen LogP contribution >= 0.6 is 11.3 Å². The summed E-state index contributed by atoms with van der Waals surface area (Å²) in [5, 5.41) is 1.25. The molecule has 4 rings (SSSR count). The molecule has 0 bridgehead atoms. The number of likely N-dealkylation sites (tertiary alicyclic amines) is 1. The van der Waals surface area contributed by atoms with Crippen molar-refractivity contribution in [2.75, 3.05) is 13.1 Å². The summed E-state index contributed by atoms with van der Waals surface area (Å²) in [6, 6.07) is 8.35. The van der Waals surface area contributed by atoms with Gasteiger partial charge in [0.25, 0.3) is 0 Å². The van der Waals surface area contributed by atoms with Gasteiger partial charge in [-0.15, -0.1) is 11.3 Å². The SMILES string of the molecule is O=C(CC1C=CCC1)N1CCC(c2nc3ccccc3s2)CC1. The predicted molar refractivity (Wildman–Crippen MR) is 94.7 cm³/mol. The Morgan fingerprint density at radius 1 is 1.22 bits per heavy atom. The lowest BCUT2D eigenvalue weighted by molar-refractivity contribution is -0.132. The molecule has 1 amide bonds. The molecule has 0 spiro atoms. The Kier molecular flexibility index (Phi) is 4.17. The molecule has 1 atom stereocenters. The normalized spacial score (nSPS) is 22.1. The van der Waals surface area contributed by atoms with Gasteiger partial charge in [-0.3, -0.25) is 4.79 Å². The predicted octanol–water partition coefficient (Wildman–Crippen LogP) is 4.36. The number of fused-ring (bicyclic) bond motifs is 1. The molecule has 1 aliphatic heterocycles. The van der Waals surface area contributed by atoms with Crippen LogP contribution in [0, 0.1) is 5.92 Å². The zero-order valence-electron chi connectivity index (χ0n) is 13.3. The summed E-state index contributed by atoms with van der Waals surface area (Å²) < 4.78 is 1.27. The zero-order chi connectivity index (χ0) is 15.6. The summed E-state index contributed by atoms with van der Waals surface area (Å²) in [5.41, 5.74) is 1.11. The fourth-order valence-corrected chi connectivity index (χ4v) is 4.80. The van der Waals surface area contributed by atoms with E-state index in [4.69, 9.17) is 4.98 Å². The van der Waals surface area contributed by atoms with Gasteiger partial charge in [0.15, 0.2) is 0 Å². The van der Waals surface area contributed by atoms with Crippen LogP contribution in [0.1, 0.15) is 43.0 Å². The number of benzene rings is 1. The Morgan fingerprint density at radius 3 is 2.78 bits per heavy atom. The lowest BCUT2D eigenvalue weighted by atomic mass is 9.96. The first-order chi connectivity index (χ1) is 11.3. The number of amides is 1. The molecular weight excluding hydrogens is 304 g/mol. The topological polar surface area (TPSA) is 33.2 Å². The van der Waals surface area contributed by atoms with Gasteiger partial charge >= 0.3 is 0 Å². The van der Waals surface area contributed by atoms with Gasteiger partial charge < -0.3 is 4.90 Å². The third kappa shape index (κ3) is 3.18. The number of rotatable bonds is 3. The highest BCUT2D eigenvalue weighted by Gasteiger charge is 2.27. The molecule has 1 saturated heterocycles. The van der Waals surface area contributed by atoms with E-state index in [0.29, 0.717) is 24.2 Å². The number of hydrogen-bond acceptors (Lipinski definition) is 3. The second-order valence-electron chi connectivity index (χ2n) is 6.64. The highest BCUT2D eigenvalue weighted by atomic mass is 32.1. The molecule has 1 aromatic carbocycles. The Bertz CT molecular complexity index is 695. The van der Waals surface area contributed by atoms with Crippen molar-refractivity contribution in [3.05, 3.63) is 41.4 Å². The van der Waals surface area contributed by atoms with Crippen molar-refractivity contribution in [1.29, 1.82) is 0 Å². The van der Waals surface area contributed by atoms with E-state index >= 15 is 0 Å². The summed E-state index contributed by atoms with van der Waals surface area (Å²) in [5.74, 6) is 1.33. The molecule has 2 aromatic rings. The van der Waals surface area contributed by atoms with Gasteiger partial charge in [-0.2, -0.15) is 0 Å².